The first-order valence-electron chi connectivity index (χ1n) is 8.11. The fourth-order valence-corrected chi connectivity index (χ4v) is 2.53. The van der Waals surface area contributed by atoms with Crippen molar-refractivity contribution in [2.45, 2.75) is 32.1 Å². The highest BCUT2D eigenvalue weighted by Gasteiger charge is 2.35. The lowest BCUT2D eigenvalue weighted by atomic mass is 10.0. The minimum absolute atomic E-state index is 0.0140. The number of carbonyl (C=O) groups is 1. The third-order valence-electron chi connectivity index (χ3n) is 3.81. The second kappa shape index (κ2) is 8.70. The number of carbonyl (C=O) groups excluding carboxylic acids is 1. The smallest absolute Gasteiger partial charge is 0.394 e. The van der Waals surface area contributed by atoms with Crippen LogP contribution in [0.3, 0.4) is 0 Å². The first kappa shape index (κ1) is 21.8. The monoisotopic (exact) mass is 420 g/mol. The summed E-state index contributed by atoms with van der Waals surface area (Å²) in [6.07, 6.45) is -4.86. The molecule has 3 N–H and O–H groups in total. The third-order valence-corrected chi connectivity index (χ3v) is 4.00. The molecule has 6 nitrogen and oxygen atoms in total. The number of nitrogens with one attached hydrogen (secondary N) is 2. The number of aliphatic hydroxyl groups is 1. The molecule has 0 aliphatic heterocycles. The fraction of sp³-hybridized carbons (Fsp3) is 0.353. The molecule has 1 aromatic carbocycles. The molecule has 2 rings (SSSR count). The second-order valence-corrected chi connectivity index (χ2v) is 6.45. The van der Waals surface area contributed by atoms with E-state index in [-0.39, 0.29) is 28.7 Å². The lowest BCUT2D eigenvalue weighted by Crippen LogP contribution is -2.30. The van der Waals surface area contributed by atoms with Crippen LogP contribution in [0, 0.1) is 5.82 Å². The molecular formula is C17H17ClF4N4O2. The van der Waals surface area contributed by atoms with E-state index in [2.05, 4.69) is 20.8 Å². The summed E-state index contributed by atoms with van der Waals surface area (Å²) < 4.78 is 52.9. The molecule has 0 radical (unpaired) electrons. The van der Waals surface area contributed by atoms with Gasteiger partial charge in [-0.25, -0.2) is 4.39 Å². The predicted octanol–water partition coefficient (Wildman–Crippen LogP) is 3.57. The van der Waals surface area contributed by atoms with Gasteiger partial charge < -0.3 is 15.7 Å². The van der Waals surface area contributed by atoms with Crippen molar-refractivity contribution in [3.8, 4) is 0 Å². The number of anilines is 1. The van der Waals surface area contributed by atoms with E-state index in [9.17, 15) is 22.4 Å². The third kappa shape index (κ3) is 5.08. The summed E-state index contributed by atoms with van der Waals surface area (Å²) in [4.78, 5) is 12.6. The van der Waals surface area contributed by atoms with Gasteiger partial charge in [-0.1, -0.05) is 23.7 Å². The highest BCUT2D eigenvalue weighted by atomic mass is 35.5. The minimum atomic E-state index is -4.86. The van der Waals surface area contributed by atoms with Crippen molar-refractivity contribution in [3.05, 3.63) is 51.9 Å². The Hall–Kier alpha value is -2.46. The van der Waals surface area contributed by atoms with Crippen molar-refractivity contribution in [1.29, 1.82) is 0 Å². The summed E-state index contributed by atoms with van der Waals surface area (Å²) in [5, 5.41) is 21.6. The maximum Gasteiger partial charge on any atom is 0.419 e. The van der Waals surface area contributed by atoms with E-state index in [0.717, 1.165) is 12.1 Å². The zero-order valence-electron chi connectivity index (χ0n) is 14.8. The van der Waals surface area contributed by atoms with E-state index in [4.69, 9.17) is 16.7 Å². The van der Waals surface area contributed by atoms with Crippen LogP contribution in [-0.4, -0.2) is 33.9 Å². The molecule has 28 heavy (non-hydrogen) atoms. The van der Waals surface area contributed by atoms with Gasteiger partial charge in [0.05, 0.1) is 23.8 Å². The van der Waals surface area contributed by atoms with Crippen LogP contribution in [0.25, 0.3) is 0 Å². The molecule has 152 valence electrons. The van der Waals surface area contributed by atoms with Gasteiger partial charge in [-0.15, -0.1) is 10.2 Å². The maximum absolute atomic E-state index is 14.3. The topological polar surface area (TPSA) is 87.1 Å². The maximum atomic E-state index is 14.3. The summed E-state index contributed by atoms with van der Waals surface area (Å²) in [6, 6.07) is 2.50. The zero-order chi connectivity index (χ0) is 21.1. The standard InChI is InChI=1S/C17H17ClF4N4O2/c1-8(7-27)23-15-11(6-13(18)25-26-15)16(28)24-9(2)10-4-3-5-12(14(10)19)17(20,21)22/h3-6,8-9,27H,7H2,1-2H3,(H,23,26)(H,24,28)/t8-,9-/m1/s1. The molecule has 0 saturated carbocycles. The van der Waals surface area contributed by atoms with E-state index in [1.807, 2.05) is 0 Å². The van der Waals surface area contributed by atoms with E-state index in [1.165, 1.54) is 13.0 Å². The van der Waals surface area contributed by atoms with Gasteiger partial charge in [0.25, 0.3) is 5.91 Å². The van der Waals surface area contributed by atoms with Crippen molar-refractivity contribution in [1.82, 2.24) is 15.5 Å². The van der Waals surface area contributed by atoms with Gasteiger partial charge in [0.2, 0.25) is 0 Å². The number of alkyl halides is 3. The summed E-state index contributed by atoms with van der Waals surface area (Å²) in [5.41, 5.74) is -1.80. The molecule has 0 bridgehead atoms. The number of amides is 1. The molecular weight excluding hydrogens is 404 g/mol. The van der Waals surface area contributed by atoms with Gasteiger partial charge in [0, 0.05) is 11.6 Å². The largest absolute Gasteiger partial charge is 0.419 e. The number of hydrogen-bond acceptors (Lipinski definition) is 5. The van der Waals surface area contributed by atoms with Crippen molar-refractivity contribution in [3.63, 3.8) is 0 Å². The number of nitrogens with zero attached hydrogens (tertiary/aromatic N) is 2. The number of rotatable bonds is 6. The summed E-state index contributed by atoms with van der Waals surface area (Å²) in [7, 11) is 0. The molecule has 0 fully saturated rings. The highest BCUT2D eigenvalue weighted by Crippen LogP contribution is 2.34. The van der Waals surface area contributed by atoms with Crippen LogP contribution in [-0.2, 0) is 6.18 Å². The van der Waals surface area contributed by atoms with Gasteiger partial charge in [0.1, 0.15) is 5.82 Å². The predicted molar refractivity (Wildman–Crippen MR) is 94.5 cm³/mol. The molecule has 2 aromatic rings. The molecule has 0 spiro atoms. The average molecular weight is 421 g/mol. The van der Waals surface area contributed by atoms with Gasteiger partial charge in [-0.2, -0.15) is 13.2 Å². The molecule has 1 amide bonds. The number of aliphatic hydroxyl groups excluding tert-OH is 1. The first-order chi connectivity index (χ1) is 13.0. The Morgan fingerprint density at radius 1 is 1.29 bits per heavy atom. The Balaban J connectivity index is 2.30. The molecule has 1 aromatic heterocycles. The molecule has 0 aliphatic carbocycles. The van der Waals surface area contributed by atoms with Crippen LogP contribution in [0.2, 0.25) is 5.15 Å². The highest BCUT2D eigenvalue weighted by molar-refractivity contribution is 6.29. The van der Waals surface area contributed by atoms with E-state index in [1.54, 1.807) is 6.92 Å². The van der Waals surface area contributed by atoms with Crippen LogP contribution < -0.4 is 10.6 Å². The molecule has 0 unspecified atom stereocenters. The van der Waals surface area contributed by atoms with Crippen molar-refractivity contribution in [2.75, 3.05) is 11.9 Å². The van der Waals surface area contributed by atoms with Crippen molar-refractivity contribution in [2.24, 2.45) is 0 Å². The van der Waals surface area contributed by atoms with E-state index >= 15 is 0 Å². The normalized spacial score (nSPS) is 13.7. The molecule has 11 heteroatoms. The van der Waals surface area contributed by atoms with Crippen LogP contribution in [0.1, 0.15) is 41.4 Å². The second-order valence-electron chi connectivity index (χ2n) is 6.06. The first-order valence-corrected chi connectivity index (χ1v) is 8.49. The van der Waals surface area contributed by atoms with E-state index < -0.39 is 35.5 Å². The number of halogens is 5. The Kier molecular flexibility index (Phi) is 6.78. The average Bonchev–Trinajstić information content (AvgIpc) is 2.61. The summed E-state index contributed by atoms with van der Waals surface area (Å²) >= 11 is 5.77. The van der Waals surface area contributed by atoms with Crippen LogP contribution in [0.5, 0.6) is 0 Å². The summed E-state index contributed by atoms with van der Waals surface area (Å²) in [6.45, 7) is 2.71. The van der Waals surface area contributed by atoms with Crippen molar-refractivity contribution < 1.29 is 27.5 Å². The Morgan fingerprint density at radius 3 is 2.57 bits per heavy atom. The van der Waals surface area contributed by atoms with Crippen LogP contribution in [0.4, 0.5) is 23.4 Å². The van der Waals surface area contributed by atoms with Crippen LogP contribution in [0.15, 0.2) is 24.3 Å². The fourth-order valence-electron chi connectivity index (χ4n) is 2.38. The Morgan fingerprint density at radius 2 is 1.96 bits per heavy atom. The van der Waals surface area contributed by atoms with Gasteiger partial charge in [0.15, 0.2) is 11.0 Å². The van der Waals surface area contributed by atoms with Gasteiger partial charge in [-0.3, -0.25) is 4.79 Å². The number of hydrogen-bond donors (Lipinski definition) is 3. The lowest BCUT2D eigenvalue weighted by Gasteiger charge is -2.19. The molecule has 2 atom stereocenters. The molecule has 1 heterocycles. The SMILES string of the molecule is C[C@H](CO)Nc1nnc(Cl)cc1C(=O)N[C@H](C)c1cccc(C(F)(F)F)c1F. The van der Waals surface area contributed by atoms with Gasteiger partial charge in [-0.05, 0) is 26.0 Å². The van der Waals surface area contributed by atoms with E-state index in [0.29, 0.717) is 6.07 Å². The quantitative estimate of drug-likeness (QED) is 0.622. The minimum Gasteiger partial charge on any atom is -0.394 e. The number of aromatic nitrogens is 2. The lowest BCUT2D eigenvalue weighted by molar-refractivity contribution is -0.140. The molecule has 0 aliphatic rings. The Labute approximate surface area is 162 Å². The molecule has 0 saturated heterocycles. The summed E-state index contributed by atoms with van der Waals surface area (Å²) in [5.74, 6) is -2.20. The zero-order valence-corrected chi connectivity index (χ0v) is 15.6. The number of benzene rings is 1. The van der Waals surface area contributed by atoms with Crippen LogP contribution >= 0.6 is 11.6 Å². The van der Waals surface area contributed by atoms with Crippen molar-refractivity contribution >= 4 is 23.3 Å². The Bertz CT molecular complexity index is 864. The van der Waals surface area contributed by atoms with Gasteiger partial charge >= 0.3 is 6.18 Å².